The Kier molecular flexibility index (Phi) is 4.61. The lowest BCUT2D eigenvalue weighted by Crippen LogP contribution is -2.50. The summed E-state index contributed by atoms with van der Waals surface area (Å²) in [6.07, 6.45) is 0.507. The summed E-state index contributed by atoms with van der Waals surface area (Å²) in [7, 11) is 0. The van der Waals surface area contributed by atoms with E-state index in [0.29, 0.717) is 13.2 Å². The lowest BCUT2D eigenvalue weighted by atomic mass is 10.1. The number of carbonyl (C=O) groups excluding carboxylic acids is 1. The number of furan rings is 1. The van der Waals surface area contributed by atoms with Crippen LogP contribution in [0.15, 0.2) is 16.5 Å². The first kappa shape index (κ1) is 15.9. The Balaban J connectivity index is 2.22. The van der Waals surface area contributed by atoms with Gasteiger partial charge in [-0.15, -0.1) is 0 Å². The van der Waals surface area contributed by atoms with Crippen LogP contribution in [0.4, 0.5) is 4.79 Å². The van der Waals surface area contributed by atoms with E-state index in [0.717, 1.165) is 17.9 Å². The third kappa shape index (κ3) is 3.79. The molecule has 0 aromatic carbocycles. The quantitative estimate of drug-likeness (QED) is 0.837. The first-order valence-corrected chi connectivity index (χ1v) is 7.49. The van der Waals surface area contributed by atoms with E-state index in [4.69, 9.17) is 13.9 Å². The molecule has 1 aromatic heterocycles. The number of aryl methyl sites for hydroxylation is 1. The molecule has 1 aliphatic rings. The molecule has 2 unspecified atom stereocenters. The van der Waals surface area contributed by atoms with Crippen LogP contribution in [0.5, 0.6) is 0 Å². The van der Waals surface area contributed by atoms with Crippen molar-refractivity contribution in [2.45, 2.75) is 58.7 Å². The van der Waals surface area contributed by atoms with Crippen molar-refractivity contribution in [2.75, 3.05) is 13.2 Å². The maximum atomic E-state index is 12.5. The highest BCUT2D eigenvalue weighted by atomic mass is 16.6. The van der Waals surface area contributed by atoms with Crippen molar-refractivity contribution < 1.29 is 18.7 Å². The van der Waals surface area contributed by atoms with E-state index in [-0.39, 0.29) is 18.2 Å². The number of hydrogen-bond acceptors (Lipinski definition) is 4. The van der Waals surface area contributed by atoms with Crippen molar-refractivity contribution in [2.24, 2.45) is 0 Å². The predicted molar refractivity (Wildman–Crippen MR) is 79.2 cm³/mol. The lowest BCUT2D eigenvalue weighted by Gasteiger charge is -2.39. The highest BCUT2D eigenvalue weighted by Crippen LogP contribution is 2.30. The number of ether oxygens (including phenoxy) is 2. The maximum Gasteiger partial charge on any atom is 0.411 e. The van der Waals surface area contributed by atoms with Crippen LogP contribution >= 0.6 is 0 Å². The monoisotopic (exact) mass is 295 g/mol. The first-order chi connectivity index (χ1) is 9.81. The maximum absolute atomic E-state index is 12.5. The highest BCUT2D eigenvalue weighted by molar-refractivity contribution is 5.69. The van der Waals surface area contributed by atoms with E-state index >= 15 is 0 Å². The Morgan fingerprint density at radius 2 is 2.10 bits per heavy atom. The van der Waals surface area contributed by atoms with E-state index in [9.17, 15) is 4.79 Å². The lowest BCUT2D eigenvalue weighted by molar-refractivity contribution is -0.0622. The molecule has 5 nitrogen and oxygen atoms in total. The Morgan fingerprint density at radius 1 is 1.38 bits per heavy atom. The van der Waals surface area contributed by atoms with Crippen molar-refractivity contribution in [3.8, 4) is 0 Å². The summed E-state index contributed by atoms with van der Waals surface area (Å²) < 4.78 is 16.9. The minimum absolute atomic E-state index is 0.0474. The molecule has 2 atom stereocenters. The Bertz CT molecular complexity index is 489. The fraction of sp³-hybridized carbons (Fsp3) is 0.688. The van der Waals surface area contributed by atoms with Gasteiger partial charge in [-0.3, -0.25) is 4.90 Å². The summed E-state index contributed by atoms with van der Waals surface area (Å²) in [6.45, 7) is 10.5. The number of amides is 1. The molecule has 1 saturated heterocycles. The molecular weight excluding hydrogens is 270 g/mol. The van der Waals surface area contributed by atoms with E-state index in [1.807, 2.05) is 46.8 Å². The standard InChI is InChI=1S/C16H25NO4/c1-6-12-7-8-14(20-12)13-10-19-9-11(2)17(13)15(18)21-16(3,4)5/h7-8,11,13H,6,9-10H2,1-5H3. The van der Waals surface area contributed by atoms with Gasteiger partial charge in [-0.25, -0.2) is 4.79 Å². The van der Waals surface area contributed by atoms with Crippen LogP contribution in [0.1, 0.15) is 52.2 Å². The Hall–Kier alpha value is -1.49. The van der Waals surface area contributed by atoms with Gasteiger partial charge in [0.1, 0.15) is 23.2 Å². The molecule has 0 saturated carbocycles. The smallest absolute Gasteiger partial charge is 0.411 e. The average molecular weight is 295 g/mol. The topological polar surface area (TPSA) is 51.9 Å². The molecule has 1 aromatic rings. The van der Waals surface area contributed by atoms with E-state index in [1.54, 1.807) is 4.90 Å². The van der Waals surface area contributed by atoms with Gasteiger partial charge in [0.2, 0.25) is 0 Å². The molecule has 0 spiro atoms. The zero-order valence-corrected chi connectivity index (χ0v) is 13.5. The van der Waals surface area contributed by atoms with Gasteiger partial charge in [-0.1, -0.05) is 6.92 Å². The van der Waals surface area contributed by atoms with Crippen molar-refractivity contribution in [1.29, 1.82) is 0 Å². The van der Waals surface area contributed by atoms with Crippen LogP contribution in [0.3, 0.4) is 0 Å². The number of rotatable bonds is 2. The summed E-state index contributed by atoms with van der Waals surface area (Å²) in [5, 5.41) is 0. The molecule has 1 fully saturated rings. The zero-order chi connectivity index (χ0) is 15.6. The van der Waals surface area contributed by atoms with Crippen molar-refractivity contribution >= 4 is 6.09 Å². The Labute approximate surface area is 126 Å². The zero-order valence-electron chi connectivity index (χ0n) is 13.5. The predicted octanol–water partition coefficient (Wildman–Crippen LogP) is 3.54. The van der Waals surface area contributed by atoms with Gasteiger partial charge in [0.25, 0.3) is 0 Å². The minimum atomic E-state index is -0.516. The molecule has 2 heterocycles. The molecule has 0 radical (unpaired) electrons. The van der Waals surface area contributed by atoms with Gasteiger partial charge in [0.15, 0.2) is 0 Å². The fourth-order valence-electron chi connectivity index (χ4n) is 2.42. The van der Waals surface area contributed by atoms with Crippen molar-refractivity contribution in [3.05, 3.63) is 23.7 Å². The summed E-state index contributed by atoms with van der Waals surface area (Å²) in [5.41, 5.74) is -0.516. The molecule has 118 valence electrons. The van der Waals surface area contributed by atoms with Crippen LogP contribution in [0.2, 0.25) is 0 Å². The fourth-order valence-corrected chi connectivity index (χ4v) is 2.42. The van der Waals surface area contributed by atoms with E-state index < -0.39 is 5.60 Å². The van der Waals surface area contributed by atoms with Gasteiger partial charge in [-0.05, 0) is 39.8 Å². The number of hydrogen-bond donors (Lipinski definition) is 0. The van der Waals surface area contributed by atoms with Gasteiger partial charge in [0, 0.05) is 6.42 Å². The van der Waals surface area contributed by atoms with Crippen molar-refractivity contribution in [3.63, 3.8) is 0 Å². The summed E-state index contributed by atoms with van der Waals surface area (Å²) in [4.78, 5) is 14.2. The molecule has 2 rings (SSSR count). The van der Waals surface area contributed by atoms with Crippen molar-refractivity contribution in [1.82, 2.24) is 4.90 Å². The van der Waals surface area contributed by atoms with Gasteiger partial charge in [-0.2, -0.15) is 0 Å². The number of carbonyl (C=O) groups is 1. The van der Waals surface area contributed by atoms with Crippen LogP contribution in [0, 0.1) is 0 Å². The highest BCUT2D eigenvalue weighted by Gasteiger charge is 2.37. The second-order valence-electron chi connectivity index (χ2n) is 6.45. The molecule has 5 heteroatoms. The minimum Gasteiger partial charge on any atom is -0.464 e. The van der Waals surface area contributed by atoms with Gasteiger partial charge in [0.05, 0.1) is 19.3 Å². The molecular formula is C16H25NO4. The molecule has 0 bridgehead atoms. The molecule has 0 N–H and O–H groups in total. The van der Waals surface area contributed by atoms with Crippen LogP contribution in [-0.2, 0) is 15.9 Å². The first-order valence-electron chi connectivity index (χ1n) is 7.49. The third-order valence-corrected chi connectivity index (χ3v) is 3.41. The van der Waals surface area contributed by atoms with Gasteiger partial charge < -0.3 is 13.9 Å². The molecule has 1 amide bonds. The summed E-state index contributed by atoms with van der Waals surface area (Å²) in [5.74, 6) is 1.66. The Morgan fingerprint density at radius 3 is 2.67 bits per heavy atom. The molecule has 21 heavy (non-hydrogen) atoms. The van der Waals surface area contributed by atoms with E-state index in [1.165, 1.54) is 0 Å². The van der Waals surface area contributed by atoms with Crippen LogP contribution in [-0.4, -0.2) is 35.8 Å². The van der Waals surface area contributed by atoms with Crippen LogP contribution in [0.25, 0.3) is 0 Å². The van der Waals surface area contributed by atoms with Crippen LogP contribution < -0.4 is 0 Å². The largest absolute Gasteiger partial charge is 0.464 e. The second kappa shape index (κ2) is 6.10. The summed E-state index contributed by atoms with van der Waals surface area (Å²) >= 11 is 0. The number of morpholine rings is 1. The molecule has 1 aliphatic heterocycles. The average Bonchev–Trinajstić information content (AvgIpc) is 2.84. The normalized spacial score (nSPS) is 23.2. The SMILES string of the molecule is CCc1ccc(C2COCC(C)N2C(=O)OC(C)(C)C)o1. The summed E-state index contributed by atoms with van der Waals surface area (Å²) in [6, 6.07) is 3.59. The molecule has 0 aliphatic carbocycles. The number of nitrogens with zero attached hydrogens (tertiary/aromatic N) is 1. The van der Waals surface area contributed by atoms with E-state index in [2.05, 4.69) is 0 Å². The second-order valence-corrected chi connectivity index (χ2v) is 6.45. The van der Waals surface area contributed by atoms with Gasteiger partial charge >= 0.3 is 6.09 Å². The third-order valence-electron chi connectivity index (χ3n) is 3.41.